The molecule has 0 atom stereocenters. The lowest BCUT2D eigenvalue weighted by molar-refractivity contribution is 0.0599. The summed E-state index contributed by atoms with van der Waals surface area (Å²) in [5.41, 5.74) is -0.627. The standard InChI is InChI=1S/C24H16ClFN2O6/c1-34-24(33)13-7-5-12(6-8-13)20(27)15-10-9-14(23(31)32)11-18(15)28-22(30)19-16(21(26)29)3-2-4-17(19)25/h2-11,27H,1H3,(H,28,30)(H,31,32). The molecule has 0 aromatic heterocycles. The van der Waals surface area contributed by atoms with Crippen LogP contribution in [0.1, 0.15) is 52.6 Å². The second-order valence-corrected chi connectivity index (χ2v) is 7.31. The molecule has 0 unspecified atom stereocenters. The number of benzene rings is 3. The first-order valence-electron chi connectivity index (χ1n) is 9.58. The molecule has 0 spiro atoms. The third-order valence-corrected chi connectivity index (χ3v) is 5.15. The predicted octanol–water partition coefficient (Wildman–Crippen LogP) is 4.60. The number of esters is 1. The van der Waals surface area contributed by atoms with Crippen LogP contribution in [0.4, 0.5) is 10.1 Å². The smallest absolute Gasteiger partial charge is 0.337 e. The lowest BCUT2D eigenvalue weighted by atomic mass is 9.97. The number of carboxylic acids is 1. The second-order valence-electron chi connectivity index (χ2n) is 6.90. The highest BCUT2D eigenvalue weighted by Gasteiger charge is 2.22. The van der Waals surface area contributed by atoms with Gasteiger partial charge in [-0.25, -0.2) is 9.59 Å². The Morgan fingerprint density at radius 2 is 1.56 bits per heavy atom. The zero-order valence-electron chi connectivity index (χ0n) is 17.5. The van der Waals surface area contributed by atoms with E-state index in [4.69, 9.17) is 17.0 Å². The van der Waals surface area contributed by atoms with Crippen LogP contribution in [0.25, 0.3) is 0 Å². The number of ether oxygens (including phenoxy) is 1. The SMILES string of the molecule is COC(=O)c1ccc(C(=N)c2ccc(C(=O)O)cc2NC(=O)c2c(Cl)cccc2C(=O)F)cc1. The van der Waals surface area contributed by atoms with Gasteiger partial charge < -0.3 is 15.2 Å². The number of carbonyl (C=O) groups is 4. The van der Waals surface area contributed by atoms with Crippen molar-refractivity contribution in [3.8, 4) is 0 Å². The maximum atomic E-state index is 13.5. The Morgan fingerprint density at radius 1 is 0.941 bits per heavy atom. The van der Waals surface area contributed by atoms with Crippen LogP contribution in [-0.2, 0) is 4.74 Å². The Labute approximate surface area is 197 Å². The van der Waals surface area contributed by atoms with Gasteiger partial charge in [0, 0.05) is 11.1 Å². The van der Waals surface area contributed by atoms with E-state index in [9.17, 15) is 28.7 Å². The van der Waals surface area contributed by atoms with Crippen molar-refractivity contribution in [3.63, 3.8) is 0 Å². The van der Waals surface area contributed by atoms with Gasteiger partial charge in [-0.15, -0.1) is 0 Å². The molecule has 3 rings (SSSR count). The van der Waals surface area contributed by atoms with Gasteiger partial charge >= 0.3 is 18.0 Å². The molecular formula is C24H16ClFN2O6. The van der Waals surface area contributed by atoms with E-state index in [1.165, 1.54) is 55.6 Å². The highest BCUT2D eigenvalue weighted by Crippen LogP contribution is 2.26. The van der Waals surface area contributed by atoms with Crippen molar-refractivity contribution in [2.75, 3.05) is 12.4 Å². The highest BCUT2D eigenvalue weighted by molar-refractivity contribution is 6.35. The van der Waals surface area contributed by atoms with Crippen LogP contribution in [0.3, 0.4) is 0 Å². The number of hydrogen-bond donors (Lipinski definition) is 3. The molecule has 0 fully saturated rings. The van der Waals surface area contributed by atoms with Gasteiger partial charge in [0.05, 0.1) is 45.8 Å². The Balaban J connectivity index is 2.04. The van der Waals surface area contributed by atoms with Crippen LogP contribution in [0.2, 0.25) is 5.02 Å². The molecule has 0 heterocycles. The summed E-state index contributed by atoms with van der Waals surface area (Å²) in [6, 6.07) is 11.4. The highest BCUT2D eigenvalue weighted by atomic mass is 35.5. The number of amides is 1. The van der Waals surface area contributed by atoms with Crippen LogP contribution >= 0.6 is 11.6 Å². The summed E-state index contributed by atoms with van der Waals surface area (Å²) in [5.74, 6) is -2.81. The predicted molar refractivity (Wildman–Crippen MR) is 122 cm³/mol. The molecule has 10 heteroatoms. The molecule has 0 aliphatic rings. The summed E-state index contributed by atoms with van der Waals surface area (Å²) in [6.07, 6.45) is 0. The number of rotatable bonds is 7. The number of nitrogens with one attached hydrogen (secondary N) is 2. The van der Waals surface area contributed by atoms with E-state index in [0.717, 1.165) is 12.1 Å². The number of carboxylic acid groups (broad SMARTS) is 1. The van der Waals surface area contributed by atoms with Crippen molar-refractivity contribution in [2.45, 2.75) is 0 Å². The van der Waals surface area contributed by atoms with Gasteiger partial charge in [0.2, 0.25) is 0 Å². The first-order chi connectivity index (χ1) is 16.1. The summed E-state index contributed by atoms with van der Waals surface area (Å²) in [6.45, 7) is 0. The van der Waals surface area contributed by atoms with Crippen molar-refractivity contribution >= 4 is 46.9 Å². The molecule has 34 heavy (non-hydrogen) atoms. The molecule has 0 aliphatic heterocycles. The van der Waals surface area contributed by atoms with Crippen LogP contribution in [-0.4, -0.2) is 41.8 Å². The Morgan fingerprint density at radius 3 is 2.15 bits per heavy atom. The van der Waals surface area contributed by atoms with Crippen LogP contribution in [0.15, 0.2) is 60.7 Å². The summed E-state index contributed by atoms with van der Waals surface area (Å²) in [5, 5.41) is 20.1. The van der Waals surface area contributed by atoms with E-state index >= 15 is 0 Å². The first-order valence-corrected chi connectivity index (χ1v) is 9.96. The lowest BCUT2D eigenvalue weighted by Gasteiger charge is -2.15. The van der Waals surface area contributed by atoms with Gasteiger partial charge in [-0.1, -0.05) is 29.8 Å². The number of hydrogen-bond acceptors (Lipinski definition) is 6. The van der Waals surface area contributed by atoms with Crippen molar-refractivity contribution < 1.29 is 33.4 Å². The largest absolute Gasteiger partial charge is 0.478 e. The van der Waals surface area contributed by atoms with Crippen LogP contribution in [0.5, 0.6) is 0 Å². The molecule has 3 N–H and O–H groups in total. The molecule has 172 valence electrons. The molecule has 3 aromatic carbocycles. The van der Waals surface area contributed by atoms with E-state index in [-0.39, 0.29) is 33.1 Å². The first kappa shape index (κ1) is 24.3. The minimum Gasteiger partial charge on any atom is -0.478 e. The second kappa shape index (κ2) is 10.1. The number of halogens is 2. The molecule has 0 aliphatic carbocycles. The summed E-state index contributed by atoms with van der Waals surface area (Å²) in [7, 11) is 1.23. The average molecular weight is 483 g/mol. The lowest BCUT2D eigenvalue weighted by Crippen LogP contribution is -2.19. The quantitative estimate of drug-likeness (QED) is 0.256. The van der Waals surface area contributed by atoms with E-state index in [2.05, 4.69) is 10.1 Å². The third-order valence-electron chi connectivity index (χ3n) is 4.83. The zero-order valence-corrected chi connectivity index (χ0v) is 18.3. The van der Waals surface area contributed by atoms with Gasteiger partial charge in [-0.05, 0) is 42.5 Å². The third kappa shape index (κ3) is 5.00. The van der Waals surface area contributed by atoms with Gasteiger partial charge in [-0.2, -0.15) is 4.39 Å². The minimum atomic E-state index is -1.87. The molecule has 1 amide bonds. The number of anilines is 1. The topological polar surface area (TPSA) is 134 Å². The average Bonchev–Trinajstić information content (AvgIpc) is 2.82. The fourth-order valence-corrected chi connectivity index (χ4v) is 3.41. The van der Waals surface area contributed by atoms with Crippen LogP contribution in [0, 0.1) is 5.41 Å². The van der Waals surface area contributed by atoms with E-state index < -0.39 is 35.0 Å². The van der Waals surface area contributed by atoms with Gasteiger partial charge in [0.25, 0.3) is 5.91 Å². The molecule has 0 saturated heterocycles. The van der Waals surface area contributed by atoms with Crippen molar-refractivity contribution in [3.05, 3.63) is 99.1 Å². The maximum absolute atomic E-state index is 13.5. The van der Waals surface area contributed by atoms with Gasteiger partial charge in [-0.3, -0.25) is 15.0 Å². The van der Waals surface area contributed by atoms with Crippen LogP contribution < -0.4 is 5.32 Å². The normalized spacial score (nSPS) is 10.3. The summed E-state index contributed by atoms with van der Waals surface area (Å²) >= 11 is 6.01. The fourth-order valence-electron chi connectivity index (χ4n) is 3.15. The minimum absolute atomic E-state index is 0.0795. The van der Waals surface area contributed by atoms with E-state index in [1.807, 2.05) is 0 Å². The molecule has 3 aromatic rings. The van der Waals surface area contributed by atoms with Crippen molar-refractivity contribution in [1.82, 2.24) is 0 Å². The maximum Gasteiger partial charge on any atom is 0.337 e. The zero-order chi connectivity index (χ0) is 25.0. The van der Waals surface area contributed by atoms with Gasteiger partial charge in [0.15, 0.2) is 0 Å². The monoisotopic (exact) mass is 482 g/mol. The molecule has 0 saturated carbocycles. The molecule has 8 nitrogen and oxygen atoms in total. The van der Waals surface area contributed by atoms with E-state index in [1.54, 1.807) is 0 Å². The summed E-state index contributed by atoms with van der Waals surface area (Å²) < 4.78 is 18.1. The number of methoxy groups -OCH3 is 1. The molecule has 0 bridgehead atoms. The Bertz CT molecular complexity index is 1340. The fraction of sp³-hybridized carbons (Fsp3) is 0.0417. The Hall–Kier alpha value is -4.37. The number of carbonyl (C=O) groups excluding carboxylic acids is 3. The van der Waals surface area contributed by atoms with Crippen molar-refractivity contribution in [1.29, 1.82) is 5.41 Å². The molecule has 0 radical (unpaired) electrons. The van der Waals surface area contributed by atoms with E-state index in [0.29, 0.717) is 5.56 Å². The van der Waals surface area contributed by atoms with Crippen molar-refractivity contribution in [2.24, 2.45) is 0 Å². The Kier molecular flexibility index (Phi) is 7.18. The van der Waals surface area contributed by atoms with Gasteiger partial charge in [0.1, 0.15) is 0 Å². The number of aromatic carboxylic acids is 1. The molecular weight excluding hydrogens is 467 g/mol. The summed E-state index contributed by atoms with van der Waals surface area (Å²) in [4.78, 5) is 47.3.